The summed E-state index contributed by atoms with van der Waals surface area (Å²) in [4.78, 5) is 34.6. The molecule has 0 heterocycles. The Hall–Kier alpha value is -2.03. The van der Waals surface area contributed by atoms with E-state index in [4.69, 9.17) is 24.3 Å². The monoisotopic (exact) mass is 740 g/mol. The maximum atomic E-state index is 12.5. The Morgan fingerprint density at radius 1 is 0.647 bits per heavy atom. The molecule has 51 heavy (non-hydrogen) atoms. The number of esters is 2. The molecule has 1 unspecified atom stereocenters. The quantitative estimate of drug-likeness (QED) is 0.0159. The molecule has 0 saturated carbocycles. The topological polar surface area (TPSA) is 134 Å². The lowest BCUT2D eigenvalue weighted by molar-refractivity contribution is -0.159. The Balaban J connectivity index is 4.33. The van der Waals surface area contributed by atoms with Crippen LogP contribution in [0.1, 0.15) is 168 Å². The standard InChI is InChI=1S/C41H74NO8P/c1-3-5-7-9-11-13-15-17-19-21-23-25-27-29-31-33-40(43)47-37-39(38-49-51(45,46)48-36-35-42)50-41(44)34-32-30-28-26-24-22-20-18-16-14-12-10-8-6-4-2/h12,14,18,20,27,29,31,33,39H,3-11,13,15-17,19,21-26,28,30,32,34-38,42H2,1-2H3,(H,45,46)/b14-12+,20-18+,29-27+,33-31+/t39-/m1/s1. The number of carbonyl (C=O) groups excluding carboxylic acids is 2. The number of carbonyl (C=O) groups is 2. The Kier molecular flexibility index (Phi) is 36.2. The Labute approximate surface area is 311 Å². The number of unbranched alkanes of at least 4 members (excludes halogenated alkanes) is 19. The van der Waals surface area contributed by atoms with E-state index in [2.05, 4.69) is 38.2 Å². The van der Waals surface area contributed by atoms with Crippen LogP contribution in [0.25, 0.3) is 0 Å². The lowest BCUT2D eigenvalue weighted by Gasteiger charge is -2.19. The van der Waals surface area contributed by atoms with Crippen LogP contribution in [0, 0.1) is 0 Å². The summed E-state index contributed by atoms with van der Waals surface area (Å²) < 4.78 is 32.5. The first-order chi connectivity index (χ1) is 24.8. The molecule has 0 amide bonds. The molecule has 0 aromatic carbocycles. The van der Waals surface area contributed by atoms with Gasteiger partial charge >= 0.3 is 19.8 Å². The van der Waals surface area contributed by atoms with Crippen molar-refractivity contribution >= 4 is 19.8 Å². The summed E-state index contributed by atoms with van der Waals surface area (Å²) >= 11 is 0. The molecular formula is C41H74NO8P. The molecule has 0 rings (SSSR count). The Morgan fingerprint density at radius 2 is 1.16 bits per heavy atom. The first-order valence-electron chi connectivity index (χ1n) is 20.2. The average molecular weight is 740 g/mol. The molecule has 0 aliphatic heterocycles. The van der Waals surface area contributed by atoms with Crippen LogP contribution >= 0.6 is 7.82 Å². The zero-order chi connectivity index (χ0) is 37.5. The summed E-state index contributed by atoms with van der Waals surface area (Å²) in [5, 5.41) is 0. The molecule has 0 radical (unpaired) electrons. The first kappa shape index (κ1) is 49.0. The third kappa shape index (κ3) is 37.5. The highest BCUT2D eigenvalue weighted by Gasteiger charge is 2.25. The number of hydrogen-bond donors (Lipinski definition) is 2. The van der Waals surface area contributed by atoms with Gasteiger partial charge in [-0.2, -0.15) is 0 Å². The van der Waals surface area contributed by atoms with Gasteiger partial charge in [0, 0.05) is 19.0 Å². The van der Waals surface area contributed by atoms with Gasteiger partial charge in [-0.3, -0.25) is 13.8 Å². The molecule has 0 fully saturated rings. The van der Waals surface area contributed by atoms with Crippen LogP contribution in [-0.4, -0.2) is 49.3 Å². The van der Waals surface area contributed by atoms with E-state index in [-0.39, 0.29) is 26.2 Å². The highest BCUT2D eigenvalue weighted by Crippen LogP contribution is 2.43. The van der Waals surface area contributed by atoms with E-state index in [0.29, 0.717) is 6.42 Å². The molecule has 0 aromatic heterocycles. The molecule has 2 atom stereocenters. The summed E-state index contributed by atoms with van der Waals surface area (Å²) in [6, 6.07) is 0. The van der Waals surface area contributed by atoms with Crippen LogP contribution < -0.4 is 5.73 Å². The van der Waals surface area contributed by atoms with E-state index in [1.54, 1.807) is 6.08 Å². The minimum absolute atomic E-state index is 0.0393. The van der Waals surface area contributed by atoms with Gasteiger partial charge in [0.15, 0.2) is 6.10 Å². The molecule has 9 nitrogen and oxygen atoms in total. The average Bonchev–Trinajstić information content (AvgIpc) is 3.11. The second-order valence-corrected chi connectivity index (χ2v) is 14.7. The van der Waals surface area contributed by atoms with Crippen LogP contribution in [0.3, 0.4) is 0 Å². The molecule has 0 bridgehead atoms. The van der Waals surface area contributed by atoms with Gasteiger partial charge in [-0.15, -0.1) is 0 Å². The van der Waals surface area contributed by atoms with E-state index in [9.17, 15) is 19.0 Å². The smallest absolute Gasteiger partial charge is 0.458 e. The molecule has 0 aromatic rings. The van der Waals surface area contributed by atoms with Crippen molar-refractivity contribution in [2.75, 3.05) is 26.4 Å². The van der Waals surface area contributed by atoms with Gasteiger partial charge in [-0.05, 0) is 51.4 Å². The highest BCUT2D eigenvalue weighted by atomic mass is 31.2. The van der Waals surface area contributed by atoms with Crippen LogP contribution in [-0.2, 0) is 32.7 Å². The number of hydrogen-bond acceptors (Lipinski definition) is 8. The van der Waals surface area contributed by atoms with Crippen molar-refractivity contribution in [3.8, 4) is 0 Å². The molecule has 3 N–H and O–H groups in total. The SMILES string of the molecule is CCCCC/C=C/C/C=C/CCCCCCCC(=O)O[C@H](COC(=O)/C=C/C=C/CCCCCCCCCCCCC)COP(=O)(O)OCCN. The van der Waals surface area contributed by atoms with Crippen LogP contribution in [0.4, 0.5) is 0 Å². The third-order valence-corrected chi connectivity index (χ3v) is 9.28. The van der Waals surface area contributed by atoms with E-state index < -0.39 is 32.5 Å². The van der Waals surface area contributed by atoms with E-state index in [1.165, 1.54) is 96.0 Å². The van der Waals surface area contributed by atoms with Gasteiger partial charge in [0.2, 0.25) is 0 Å². The van der Waals surface area contributed by atoms with Crippen molar-refractivity contribution < 1.29 is 37.6 Å². The highest BCUT2D eigenvalue weighted by molar-refractivity contribution is 7.47. The van der Waals surface area contributed by atoms with Gasteiger partial charge in [-0.25, -0.2) is 9.36 Å². The van der Waals surface area contributed by atoms with Gasteiger partial charge in [-0.1, -0.05) is 153 Å². The lowest BCUT2D eigenvalue weighted by atomic mass is 10.1. The molecule has 0 saturated heterocycles. The van der Waals surface area contributed by atoms with Crippen molar-refractivity contribution in [3.63, 3.8) is 0 Å². The maximum Gasteiger partial charge on any atom is 0.472 e. The van der Waals surface area contributed by atoms with E-state index in [1.807, 2.05) is 12.2 Å². The van der Waals surface area contributed by atoms with Crippen LogP contribution in [0.5, 0.6) is 0 Å². The number of phosphoric ester groups is 1. The fourth-order valence-electron chi connectivity index (χ4n) is 5.28. The van der Waals surface area contributed by atoms with Crippen molar-refractivity contribution in [1.29, 1.82) is 0 Å². The number of allylic oxidation sites excluding steroid dienone is 7. The Morgan fingerprint density at radius 3 is 1.75 bits per heavy atom. The maximum absolute atomic E-state index is 12.5. The van der Waals surface area contributed by atoms with Gasteiger partial charge in [0.25, 0.3) is 0 Å². The van der Waals surface area contributed by atoms with Crippen LogP contribution in [0.15, 0.2) is 48.6 Å². The van der Waals surface area contributed by atoms with E-state index in [0.717, 1.165) is 51.4 Å². The Bertz CT molecular complexity index is 981. The minimum atomic E-state index is -4.40. The molecule has 10 heteroatoms. The zero-order valence-electron chi connectivity index (χ0n) is 32.3. The lowest BCUT2D eigenvalue weighted by Crippen LogP contribution is -2.29. The van der Waals surface area contributed by atoms with Gasteiger partial charge in [0.05, 0.1) is 13.2 Å². The summed E-state index contributed by atoms with van der Waals surface area (Å²) in [6.07, 6.45) is 42.0. The number of nitrogens with two attached hydrogens (primary N) is 1. The van der Waals surface area contributed by atoms with Crippen molar-refractivity contribution in [2.24, 2.45) is 5.73 Å². The summed E-state index contributed by atoms with van der Waals surface area (Å²) in [5.74, 6) is -1.10. The number of ether oxygens (including phenoxy) is 2. The summed E-state index contributed by atoms with van der Waals surface area (Å²) in [5.41, 5.74) is 5.33. The predicted octanol–water partition coefficient (Wildman–Crippen LogP) is 11.2. The third-order valence-electron chi connectivity index (χ3n) is 8.29. The fraction of sp³-hybridized carbons (Fsp3) is 0.756. The number of rotatable bonds is 37. The van der Waals surface area contributed by atoms with Crippen molar-refractivity contribution in [3.05, 3.63) is 48.6 Å². The predicted molar refractivity (Wildman–Crippen MR) is 210 cm³/mol. The largest absolute Gasteiger partial charge is 0.472 e. The first-order valence-corrected chi connectivity index (χ1v) is 21.7. The minimum Gasteiger partial charge on any atom is -0.458 e. The van der Waals surface area contributed by atoms with Crippen LogP contribution in [0.2, 0.25) is 0 Å². The summed E-state index contributed by atoms with van der Waals surface area (Å²) in [7, 11) is -4.40. The second kappa shape index (κ2) is 37.7. The molecule has 0 spiro atoms. The van der Waals surface area contributed by atoms with Crippen molar-refractivity contribution in [2.45, 2.75) is 174 Å². The second-order valence-electron chi connectivity index (χ2n) is 13.2. The molecule has 296 valence electrons. The van der Waals surface area contributed by atoms with E-state index >= 15 is 0 Å². The van der Waals surface area contributed by atoms with Crippen molar-refractivity contribution in [1.82, 2.24) is 0 Å². The molecular weight excluding hydrogens is 665 g/mol. The normalized spacial score (nSPS) is 13.9. The van der Waals surface area contributed by atoms with Gasteiger partial charge < -0.3 is 20.1 Å². The zero-order valence-corrected chi connectivity index (χ0v) is 33.2. The molecule has 0 aliphatic carbocycles. The van der Waals surface area contributed by atoms with Gasteiger partial charge in [0.1, 0.15) is 6.61 Å². The summed E-state index contributed by atoms with van der Waals surface area (Å²) in [6.45, 7) is 3.55. The number of phosphoric acid groups is 1. The molecule has 0 aliphatic rings. The fourth-order valence-corrected chi connectivity index (χ4v) is 6.05.